The zero-order valence-corrected chi connectivity index (χ0v) is 14.5. The summed E-state index contributed by atoms with van der Waals surface area (Å²) in [6.45, 7) is 8.25. The van der Waals surface area contributed by atoms with E-state index in [1.807, 2.05) is 39.0 Å². The van der Waals surface area contributed by atoms with Gasteiger partial charge in [0.25, 0.3) is 5.56 Å². The Bertz CT molecular complexity index is 764. The molecule has 1 fully saturated rings. The summed E-state index contributed by atoms with van der Waals surface area (Å²) in [6.07, 6.45) is -0.331. The molecule has 0 aliphatic carbocycles. The van der Waals surface area contributed by atoms with Gasteiger partial charge in [0.05, 0.1) is 35.9 Å². The van der Waals surface area contributed by atoms with Crippen LogP contribution in [0, 0.1) is 6.92 Å². The van der Waals surface area contributed by atoms with E-state index < -0.39 is 6.10 Å². The molecule has 24 heavy (non-hydrogen) atoms. The lowest BCUT2D eigenvalue weighted by Gasteiger charge is -2.36. The van der Waals surface area contributed by atoms with Gasteiger partial charge in [0, 0.05) is 25.0 Å². The molecule has 0 amide bonds. The van der Waals surface area contributed by atoms with Crippen molar-refractivity contribution in [2.24, 2.45) is 0 Å². The molecular formula is C18H25N3O3. The van der Waals surface area contributed by atoms with Crippen LogP contribution in [0.15, 0.2) is 29.1 Å². The number of aromatic nitrogens is 2. The molecule has 3 atom stereocenters. The molecule has 1 aliphatic rings. The van der Waals surface area contributed by atoms with Gasteiger partial charge in [0.1, 0.15) is 0 Å². The fourth-order valence-corrected chi connectivity index (χ4v) is 3.52. The van der Waals surface area contributed by atoms with E-state index in [4.69, 9.17) is 4.74 Å². The summed E-state index contributed by atoms with van der Waals surface area (Å²) in [5.41, 5.74) is 0.644. The first-order valence-electron chi connectivity index (χ1n) is 8.46. The van der Waals surface area contributed by atoms with Gasteiger partial charge in [-0.3, -0.25) is 9.69 Å². The topological polar surface area (TPSA) is 67.6 Å². The number of fused-ring (bicyclic) bond motifs is 1. The number of hydrogen-bond acceptors (Lipinski definition) is 5. The molecule has 2 heterocycles. The molecule has 3 rings (SSSR count). The molecule has 0 saturated carbocycles. The lowest BCUT2D eigenvalue weighted by Crippen LogP contribution is -2.49. The van der Waals surface area contributed by atoms with Crippen molar-refractivity contribution in [3.63, 3.8) is 0 Å². The fourth-order valence-electron chi connectivity index (χ4n) is 3.52. The van der Waals surface area contributed by atoms with Crippen molar-refractivity contribution in [1.82, 2.24) is 14.7 Å². The molecule has 1 N–H and O–H groups in total. The number of aliphatic hydroxyl groups excluding tert-OH is 1. The lowest BCUT2D eigenvalue weighted by atomic mass is 10.1. The van der Waals surface area contributed by atoms with Crippen molar-refractivity contribution >= 4 is 10.8 Å². The second-order valence-corrected chi connectivity index (χ2v) is 6.75. The first-order chi connectivity index (χ1) is 11.4. The van der Waals surface area contributed by atoms with Crippen LogP contribution in [0.3, 0.4) is 0 Å². The number of hydrogen-bond donors (Lipinski definition) is 1. The number of nitrogens with zero attached hydrogens (tertiary/aromatic N) is 3. The minimum atomic E-state index is -0.645. The van der Waals surface area contributed by atoms with Gasteiger partial charge in [0.2, 0.25) is 0 Å². The third-order valence-corrected chi connectivity index (χ3v) is 4.40. The van der Waals surface area contributed by atoms with Gasteiger partial charge in [-0.1, -0.05) is 18.2 Å². The number of rotatable bonds is 4. The predicted molar refractivity (Wildman–Crippen MR) is 93.2 cm³/mol. The Hall–Kier alpha value is -1.76. The lowest BCUT2D eigenvalue weighted by molar-refractivity contribution is -0.0774. The Morgan fingerprint density at radius 3 is 2.50 bits per heavy atom. The summed E-state index contributed by atoms with van der Waals surface area (Å²) in [5, 5.41) is 16.3. The van der Waals surface area contributed by atoms with Gasteiger partial charge in [-0.2, -0.15) is 5.10 Å². The Labute approximate surface area is 141 Å². The molecule has 0 spiro atoms. The van der Waals surface area contributed by atoms with E-state index in [9.17, 15) is 9.90 Å². The first kappa shape index (κ1) is 17.1. The summed E-state index contributed by atoms with van der Waals surface area (Å²) < 4.78 is 7.09. The summed E-state index contributed by atoms with van der Waals surface area (Å²) in [6, 6.07) is 7.45. The molecule has 1 aromatic carbocycles. The van der Waals surface area contributed by atoms with Crippen LogP contribution in [0.2, 0.25) is 0 Å². The van der Waals surface area contributed by atoms with Gasteiger partial charge in [-0.15, -0.1) is 0 Å². The van der Waals surface area contributed by atoms with Crippen LogP contribution in [0.1, 0.15) is 19.5 Å². The monoisotopic (exact) mass is 331 g/mol. The maximum absolute atomic E-state index is 12.6. The molecule has 2 aromatic rings. The minimum Gasteiger partial charge on any atom is -0.390 e. The predicted octanol–water partition coefficient (Wildman–Crippen LogP) is 1.18. The fraction of sp³-hybridized carbons (Fsp3) is 0.556. The molecule has 1 aromatic heterocycles. The van der Waals surface area contributed by atoms with E-state index in [1.165, 1.54) is 4.68 Å². The van der Waals surface area contributed by atoms with Crippen LogP contribution in [-0.2, 0) is 11.3 Å². The number of benzene rings is 1. The van der Waals surface area contributed by atoms with Gasteiger partial charge >= 0.3 is 0 Å². The molecule has 1 saturated heterocycles. The molecule has 6 heteroatoms. The standard InChI is InChI=1S/C18H25N3O3/c1-12-8-20(9-13(2)24-12)10-15(22)11-21-18(23)17-7-5-4-6-16(17)14(3)19-21/h4-7,12-13,15,22H,8-11H2,1-3H3. The van der Waals surface area contributed by atoms with Crippen molar-refractivity contribution in [2.75, 3.05) is 19.6 Å². The van der Waals surface area contributed by atoms with Crippen molar-refractivity contribution < 1.29 is 9.84 Å². The van der Waals surface area contributed by atoms with E-state index in [1.54, 1.807) is 6.07 Å². The minimum absolute atomic E-state index is 0.154. The molecule has 6 nitrogen and oxygen atoms in total. The van der Waals surface area contributed by atoms with Crippen LogP contribution < -0.4 is 5.56 Å². The highest BCUT2D eigenvalue weighted by Crippen LogP contribution is 2.13. The SMILES string of the molecule is Cc1nn(CC(O)CN2CC(C)OC(C)C2)c(=O)c2ccccc12. The number of morpholine rings is 1. The Morgan fingerprint density at radius 2 is 1.83 bits per heavy atom. The molecule has 0 radical (unpaired) electrons. The molecule has 130 valence electrons. The zero-order chi connectivity index (χ0) is 17.3. The number of β-amino-alcohol motifs (C(OH)–C–C–N with tert-alkyl or cyclic N) is 1. The van der Waals surface area contributed by atoms with Gasteiger partial charge in [0.15, 0.2) is 0 Å². The van der Waals surface area contributed by atoms with Crippen LogP contribution in [0.5, 0.6) is 0 Å². The molecule has 3 unspecified atom stereocenters. The van der Waals surface area contributed by atoms with Gasteiger partial charge in [-0.05, 0) is 26.8 Å². The van der Waals surface area contributed by atoms with Crippen molar-refractivity contribution in [3.8, 4) is 0 Å². The summed E-state index contributed by atoms with van der Waals surface area (Å²) in [4.78, 5) is 14.8. The third-order valence-electron chi connectivity index (χ3n) is 4.40. The van der Waals surface area contributed by atoms with E-state index >= 15 is 0 Å². The second kappa shape index (κ2) is 7.01. The summed E-state index contributed by atoms with van der Waals surface area (Å²) in [7, 11) is 0. The molecular weight excluding hydrogens is 306 g/mol. The normalized spacial score (nSPS) is 23.5. The maximum Gasteiger partial charge on any atom is 0.274 e. The summed E-state index contributed by atoms with van der Waals surface area (Å²) >= 11 is 0. The van der Waals surface area contributed by atoms with Crippen LogP contribution in [0.25, 0.3) is 10.8 Å². The van der Waals surface area contributed by atoms with E-state index in [2.05, 4.69) is 10.00 Å². The van der Waals surface area contributed by atoms with Crippen LogP contribution in [-0.4, -0.2) is 57.7 Å². The smallest absolute Gasteiger partial charge is 0.274 e. The van der Waals surface area contributed by atoms with E-state index in [0.29, 0.717) is 11.9 Å². The highest BCUT2D eigenvalue weighted by molar-refractivity contribution is 5.83. The van der Waals surface area contributed by atoms with Gasteiger partial charge < -0.3 is 9.84 Å². The van der Waals surface area contributed by atoms with E-state index in [-0.39, 0.29) is 24.3 Å². The Kier molecular flexibility index (Phi) is 4.99. The highest BCUT2D eigenvalue weighted by Gasteiger charge is 2.24. The largest absolute Gasteiger partial charge is 0.390 e. The Morgan fingerprint density at radius 1 is 1.21 bits per heavy atom. The maximum atomic E-state index is 12.6. The number of aryl methyl sites for hydroxylation is 1. The van der Waals surface area contributed by atoms with Crippen molar-refractivity contribution in [1.29, 1.82) is 0 Å². The first-order valence-corrected chi connectivity index (χ1v) is 8.46. The van der Waals surface area contributed by atoms with Crippen molar-refractivity contribution in [3.05, 3.63) is 40.3 Å². The third kappa shape index (κ3) is 3.66. The average Bonchev–Trinajstić information content (AvgIpc) is 2.51. The van der Waals surface area contributed by atoms with Crippen LogP contribution >= 0.6 is 0 Å². The quantitative estimate of drug-likeness (QED) is 0.911. The number of ether oxygens (including phenoxy) is 1. The van der Waals surface area contributed by atoms with Gasteiger partial charge in [-0.25, -0.2) is 4.68 Å². The number of aliphatic hydroxyl groups is 1. The summed E-state index contributed by atoms with van der Waals surface area (Å²) in [5.74, 6) is 0. The van der Waals surface area contributed by atoms with E-state index in [0.717, 1.165) is 24.2 Å². The van der Waals surface area contributed by atoms with Crippen LogP contribution in [0.4, 0.5) is 0 Å². The molecule has 1 aliphatic heterocycles. The van der Waals surface area contributed by atoms with Crippen molar-refractivity contribution in [2.45, 2.75) is 45.6 Å². The highest BCUT2D eigenvalue weighted by atomic mass is 16.5. The molecule has 0 bridgehead atoms. The average molecular weight is 331 g/mol. The second-order valence-electron chi connectivity index (χ2n) is 6.75. The Balaban J connectivity index is 1.75. The zero-order valence-electron chi connectivity index (χ0n) is 14.5.